The summed E-state index contributed by atoms with van der Waals surface area (Å²) >= 11 is 0. The third kappa shape index (κ3) is 5.11. The average Bonchev–Trinajstić information content (AvgIpc) is 3.79. The molecule has 2 aliphatic rings. The van der Waals surface area contributed by atoms with E-state index in [4.69, 9.17) is 9.97 Å². The Morgan fingerprint density at radius 3 is 1.42 bits per heavy atom. The Labute approximate surface area is 343 Å². The fraction of sp³-hybridized carbons (Fsp3) is 0.0179. The highest BCUT2D eigenvalue weighted by Gasteiger charge is 2.51. The molecule has 0 saturated carbocycles. The van der Waals surface area contributed by atoms with Gasteiger partial charge in [0.25, 0.3) is 0 Å². The molecule has 0 amide bonds. The Balaban J connectivity index is 0.941. The van der Waals surface area contributed by atoms with Crippen molar-refractivity contribution < 1.29 is 0 Å². The summed E-state index contributed by atoms with van der Waals surface area (Å²) in [6, 6.07) is 72.2. The van der Waals surface area contributed by atoms with Crippen molar-refractivity contribution in [1.29, 1.82) is 0 Å². The van der Waals surface area contributed by atoms with Gasteiger partial charge in [0.05, 0.1) is 16.8 Å². The van der Waals surface area contributed by atoms with E-state index in [0.29, 0.717) is 5.82 Å². The Hall–Kier alpha value is -7.75. The maximum absolute atomic E-state index is 5.14. The summed E-state index contributed by atoms with van der Waals surface area (Å²) in [4.78, 5) is 14.8. The van der Waals surface area contributed by atoms with Crippen LogP contribution in [-0.4, -0.2) is 15.0 Å². The number of benzene rings is 8. The summed E-state index contributed by atoms with van der Waals surface area (Å²) < 4.78 is 0. The summed E-state index contributed by atoms with van der Waals surface area (Å²) in [6.45, 7) is 0. The third-order valence-electron chi connectivity index (χ3n) is 12.4. The molecule has 1 spiro atoms. The van der Waals surface area contributed by atoms with Crippen molar-refractivity contribution in [3.63, 3.8) is 0 Å². The van der Waals surface area contributed by atoms with E-state index < -0.39 is 0 Å². The Bertz CT molecular complexity index is 3190. The van der Waals surface area contributed by atoms with E-state index in [0.717, 1.165) is 44.6 Å². The molecule has 12 rings (SSSR count). The van der Waals surface area contributed by atoms with Gasteiger partial charge in [0.2, 0.25) is 0 Å². The molecule has 0 unspecified atom stereocenters. The number of hydrogen-bond acceptors (Lipinski definition) is 3. The lowest BCUT2D eigenvalue weighted by Crippen LogP contribution is -2.25. The molecule has 3 heteroatoms. The SMILES string of the molecule is c1ccc(-c2nc(-c3ccc(-c4ccc5c(c4)C4(c6ccccc6-c6ccccc64)c4ccccc4-5)cc3)cc(-c3ccc(-c4cncc5ccccc45)cc3)n2)cc1. The van der Waals surface area contributed by atoms with Crippen LogP contribution >= 0.6 is 0 Å². The number of nitrogens with zero attached hydrogens (tertiary/aromatic N) is 3. The summed E-state index contributed by atoms with van der Waals surface area (Å²) in [7, 11) is 0. The van der Waals surface area contributed by atoms with E-state index in [1.54, 1.807) is 0 Å². The topological polar surface area (TPSA) is 38.7 Å². The Morgan fingerprint density at radius 2 is 0.797 bits per heavy atom. The minimum Gasteiger partial charge on any atom is -0.263 e. The maximum atomic E-state index is 5.14. The van der Waals surface area contributed by atoms with Crippen LogP contribution in [-0.2, 0) is 5.41 Å². The van der Waals surface area contributed by atoms with Gasteiger partial charge in [0.1, 0.15) is 0 Å². The number of fused-ring (bicyclic) bond motifs is 11. The van der Waals surface area contributed by atoms with Gasteiger partial charge < -0.3 is 0 Å². The lowest BCUT2D eigenvalue weighted by molar-refractivity contribution is 0.794. The zero-order valence-electron chi connectivity index (χ0n) is 32.0. The minimum atomic E-state index is -0.371. The third-order valence-corrected chi connectivity index (χ3v) is 12.4. The van der Waals surface area contributed by atoms with Crippen molar-refractivity contribution in [2.75, 3.05) is 0 Å². The first kappa shape index (κ1) is 33.4. The molecule has 2 heterocycles. The maximum Gasteiger partial charge on any atom is 0.160 e. The van der Waals surface area contributed by atoms with Gasteiger partial charge in [0, 0.05) is 40.0 Å². The molecular weight excluding hydrogens is 715 g/mol. The van der Waals surface area contributed by atoms with Crippen molar-refractivity contribution in [3.05, 3.63) is 235 Å². The molecular formula is C56H35N3. The highest BCUT2D eigenvalue weighted by atomic mass is 14.9. The lowest BCUT2D eigenvalue weighted by atomic mass is 9.70. The Kier molecular flexibility index (Phi) is 7.45. The molecule has 0 radical (unpaired) electrons. The van der Waals surface area contributed by atoms with E-state index in [9.17, 15) is 0 Å². The second-order valence-electron chi connectivity index (χ2n) is 15.5. The quantitative estimate of drug-likeness (QED) is 0.176. The highest BCUT2D eigenvalue weighted by Crippen LogP contribution is 2.63. The smallest absolute Gasteiger partial charge is 0.160 e. The number of aromatic nitrogens is 3. The van der Waals surface area contributed by atoms with Crippen LogP contribution < -0.4 is 0 Å². The fourth-order valence-corrected chi connectivity index (χ4v) is 9.73. The van der Waals surface area contributed by atoms with E-state index >= 15 is 0 Å². The predicted molar refractivity (Wildman–Crippen MR) is 241 cm³/mol. The van der Waals surface area contributed by atoms with Crippen LogP contribution in [0.1, 0.15) is 22.3 Å². The predicted octanol–water partition coefficient (Wildman–Crippen LogP) is 13.7. The average molecular weight is 750 g/mol. The van der Waals surface area contributed by atoms with E-state index in [1.165, 1.54) is 61.0 Å². The first-order valence-electron chi connectivity index (χ1n) is 20.2. The molecule has 274 valence electrons. The molecule has 0 aliphatic heterocycles. The van der Waals surface area contributed by atoms with Gasteiger partial charge in [-0.2, -0.15) is 0 Å². The molecule has 0 N–H and O–H groups in total. The van der Waals surface area contributed by atoms with Crippen LogP contribution in [0.2, 0.25) is 0 Å². The second-order valence-corrected chi connectivity index (χ2v) is 15.5. The van der Waals surface area contributed by atoms with Gasteiger partial charge in [-0.3, -0.25) is 4.98 Å². The minimum absolute atomic E-state index is 0.371. The number of hydrogen-bond donors (Lipinski definition) is 0. The molecule has 8 aromatic carbocycles. The second kappa shape index (κ2) is 13.2. The molecule has 3 nitrogen and oxygen atoms in total. The first-order valence-corrected chi connectivity index (χ1v) is 20.2. The molecule has 59 heavy (non-hydrogen) atoms. The molecule has 0 fully saturated rings. The number of rotatable bonds is 5. The van der Waals surface area contributed by atoms with Crippen molar-refractivity contribution >= 4 is 10.8 Å². The molecule has 10 aromatic rings. The largest absolute Gasteiger partial charge is 0.263 e. The zero-order valence-corrected chi connectivity index (χ0v) is 32.0. The summed E-state index contributed by atoms with van der Waals surface area (Å²) in [5.41, 5.74) is 19.7. The van der Waals surface area contributed by atoms with Crippen LogP contribution in [0.4, 0.5) is 0 Å². The van der Waals surface area contributed by atoms with Gasteiger partial charge in [-0.1, -0.05) is 188 Å². The van der Waals surface area contributed by atoms with Gasteiger partial charge >= 0.3 is 0 Å². The van der Waals surface area contributed by atoms with E-state index in [2.05, 4.69) is 187 Å². The van der Waals surface area contributed by atoms with E-state index in [-0.39, 0.29) is 5.41 Å². The van der Waals surface area contributed by atoms with Crippen LogP contribution in [0.5, 0.6) is 0 Å². The van der Waals surface area contributed by atoms with Crippen LogP contribution in [0.25, 0.3) is 89.2 Å². The normalized spacial score (nSPS) is 12.9. The fourth-order valence-electron chi connectivity index (χ4n) is 9.73. The molecule has 2 aliphatic carbocycles. The van der Waals surface area contributed by atoms with Crippen LogP contribution in [0.3, 0.4) is 0 Å². The van der Waals surface area contributed by atoms with Crippen molar-refractivity contribution in [1.82, 2.24) is 15.0 Å². The van der Waals surface area contributed by atoms with Gasteiger partial charge in [-0.05, 0) is 78.7 Å². The van der Waals surface area contributed by atoms with Crippen LogP contribution in [0, 0.1) is 0 Å². The molecule has 0 bridgehead atoms. The standard InChI is InChI=1S/C56H35N3/c1-2-12-40(13-3-1)55-58-53(33-54(59-55)39-28-24-37(25-29-39)48-35-57-34-42-14-4-5-15-43(42)48)38-26-22-36(23-27-38)41-30-31-47-46-18-8-11-21-51(46)56(52(47)32-41)49-19-9-6-16-44(49)45-17-7-10-20-50(45)56/h1-35H. The van der Waals surface area contributed by atoms with Gasteiger partial charge in [-0.25, -0.2) is 9.97 Å². The first-order chi connectivity index (χ1) is 29.2. The Morgan fingerprint density at radius 1 is 0.305 bits per heavy atom. The summed E-state index contributed by atoms with van der Waals surface area (Å²) in [6.07, 6.45) is 3.87. The van der Waals surface area contributed by atoms with Crippen molar-refractivity contribution in [2.24, 2.45) is 0 Å². The van der Waals surface area contributed by atoms with Crippen LogP contribution in [0.15, 0.2) is 213 Å². The summed E-state index contributed by atoms with van der Waals surface area (Å²) in [5.74, 6) is 0.699. The monoisotopic (exact) mass is 749 g/mol. The van der Waals surface area contributed by atoms with Crippen molar-refractivity contribution in [3.8, 4) is 78.4 Å². The zero-order chi connectivity index (χ0) is 38.9. The summed E-state index contributed by atoms with van der Waals surface area (Å²) in [5, 5.41) is 2.32. The number of pyridine rings is 1. The molecule has 0 saturated heterocycles. The van der Waals surface area contributed by atoms with E-state index in [1.807, 2.05) is 30.6 Å². The molecule has 2 aromatic heterocycles. The lowest BCUT2D eigenvalue weighted by Gasteiger charge is -2.30. The molecule has 0 atom stereocenters. The van der Waals surface area contributed by atoms with Crippen molar-refractivity contribution in [2.45, 2.75) is 5.41 Å². The highest BCUT2D eigenvalue weighted by molar-refractivity contribution is 5.97. The van der Waals surface area contributed by atoms with Gasteiger partial charge in [0.15, 0.2) is 5.82 Å². The van der Waals surface area contributed by atoms with Gasteiger partial charge in [-0.15, -0.1) is 0 Å².